The molecule has 3 aromatic carbocycles. The Bertz CT molecular complexity index is 834. The van der Waals surface area contributed by atoms with Crippen molar-refractivity contribution in [1.82, 2.24) is 0 Å². The largest absolute Gasteiger partial charge is 0.112 e. The number of rotatable bonds is 4. The molecular weight excluding hydrogens is 356 g/mol. The van der Waals surface area contributed by atoms with Gasteiger partial charge in [-0.2, -0.15) is 0 Å². The zero-order chi connectivity index (χ0) is 19.7. The van der Waals surface area contributed by atoms with Gasteiger partial charge in [0.2, 0.25) is 0 Å². The van der Waals surface area contributed by atoms with Crippen molar-refractivity contribution in [2.45, 2.75) is 45.8 Å². The van der Waals surface area contributed by atoms with Crippen LogP contribution >= 0.6 is 0 Å². The van der Waals surface area contributed by atoms with Crippen LogP contribution in [0.1, 0.15) is 26.3 Å². The highest BCUT2D eigenvalue weighted by Gasteiger charge is 2.48. The summed E-state index contributed by atoms with van der Waals surface area (Å²) in [4.78, 5) is 0. The zero-order valence-electron chi connectivity index (χ0n) is 17.6. The Morgan fingerprint density at radius 1 is 0.519 bits per heavy atom. The van der Waals surface area contributed by atoms with E-state index in [1.54, 1.807) is 15.6 Å². The lowest BCUT2D eigenvalue weighted by atomic mass is 9.87. The summed E-state index contributed by atoms with van der Waals surface area (Å²) >= 11 is 0. The van der Waals surface area contributed by atoms with E-state index in [1.807, 2.05) is 0 Å². The Kier molecular flexibility index (Phi) is 5.33. The quantitative estimate of drug-likeness (QED) is 0.559. The first-order valence-electron chi connectivity index (χ1n) is 9.89. The van der Waals surface area contributed by atoms with Gasteiger partial charge in [-0.25, -0.2) is 0 Å². The molecule has 140 valence electrons. The third-order valence-corrected chi connectivity index (χ3v) is 23.8. The van der Waals surface area contributed by atoms with Crippen molar-refractivity contribution in [2.75, 3.05) is 0 Å². The van der Waals surface area contributed by atoms with Crippen LogP contribution in [0.3, 0.4) is 0 Å². The minimum absolute atomic E-state index is 0.198. The first-order valence-corrected chi connectivity index (χ1v) is 16.4. The van der Waals surface area contributed by atoms with Crippen molar-refractivity contribution in [1.29, 1.82) is 0 Å². The highest BCUT2D eigenvalue weighted by molar-refractivity contribution is 7.54. The Balaban J connectivity index is 2.17. The fourth-order valence-corrected chi connectivity index (χ4v) is 16.7. The molecule has 3 aromatic rings. The highest BCUT2D eigenvalue weighted by Crippen LogP contribution is 2.24. The van der Waals surface area contributed by atoms with E-state index in [1.165, 1.54) is 5.56 Å². The molecule has 0 fully saturated rings. The summed E-state index contributed by atoms with van der Waals surface area (Å²) < 4.78 is 0. The van der Waals surface area contributed by atoms with Gasteiger partial charge in [-0.15, -0.1) is 0 Å². The molecule has 0 saturated carbocycles. The van der Waals surface area contributed by atoms with E-state index in [0.717, 1.165) is 0 Å². The van der Waals surface area contributed by atoms with Crippen LogP contribution in [0.5, 0.6) is 0 Å². The van der Waals surface area contributed by atoms with Crippen molar-refractivity contribution in [3.8, 4) is 0 Å². The van der Waals surface area contributed by atoms with E-state index < -0.39 is 15.2 Å². The van der Waals surface area contributed by atoms with E-state index in [9.17, 15) is 0 Å². The van der Waals surface area contributed by atoms with Crippen LogP contribution in [-0.4, -0.2) is 15.2 Å². The highest BCUT2D eigenvalue weighted by atomic mass is 29.3. The van der Waals surface area contributed by atoms with Gasteiger partial charge < -0.3 is 0 Å². The molecule has 0 atom stereocenters. The molecule has 2 heteroatoms. The molecule has 0 amide bonds. The number of hydrogen-bond acceptors (Lipinski definition) is 0. The van der Waals surface area contributed by atoms with Gasteiger partial charge in [0.1, 0.15) is 7.59 Å². The van der Waals surface area contributed by atoms with Crippen LogP contribution < -0.4 is 15.6 Å². The predicted octanol–water partition coefficient (Wildman–Crippen LogP) is 4.87. The molecule has 0 heterocycles. The predicted molar refractivity (Wildman–Crippen MR) is 126 cm³/mol. The molecule has 0 unspecified atom stereocenters. The molecule has 0 aliphatic rings. The van der Waals surface area contributed by atoms with Gasteiger partial charge in [-0.05, 0) is 11.0 Å². The van der Waals surface area contributed by atoms with Crippen molar-refractivity contribution in [2.24, 2.45) is 0 Å². The topological polar surface area (TPSA) is 0 Å². The van der Waals surface area contributed by atoms with Crippen LogP contribution in [0, 0.1) is 0 Å². The smallest absolute Gasteiger partial charge is 0.0668 e. The van der Waals surface area contributed by atoms with Gasteiger partial charge >= 0.3 is 0 Å². The first-order chi connectivity index (χ1) is 12.7. The van der Waals surface area contributed by atoms with Crippen LogP contribution in [0.15, 0.2) is 84.9 Å². The van der Waals surface area contributed by atoms with Crippen molar-refractivity contribution < 1.29 is 0 Å². The zero-order valence-corrected chi connectivity index (χ0v) is 19.6. The fraction of sp³-hybridized carbons (Fsp3) is 0.280. The average Bonchev–Trinajstić information content (AvgIpc) is 2.68. The minimum Gasteiger partial charge on any atom is -0.0668 e. The van der Waals surface area contributed by atoms with Crippen LogP contribution in [0.4, 0.5) is 0 Å². The monoisotopic (exact) mass is 388 g/mol. The molecule has 0 radical (unpaired) electrons. The lowest BCUT2D eigenvalue weighted by Crippen LogP contribution is -2.76. The maximum Gasteiger partial charge on any atom is 0.112 e. The second-order valence-corrected chi connectivity index (χ2v) is 23.3. The van der Waals surface area contributed by atoms with Crippen LogP contribution in [0.25, 0.3) is 0 Å². The van der Waals surface area contributed by atoms with Crippen LogP contribution in [0.2, 0.25) is 19.6 Å². The number of benzene rings is 3. The van der Waals surface area contributed by atoms with Crippen molar-refractivity contribution in [3.05, 3.63) is 90.5 Å². The van der Waals surface area contributed by atoms with Gasteiger partial charge in [0.05, 0.1) is 7.59 Å². The maximum absolute atomic E-state index is 2.58. The molecule has 0 spiro atoms. The van der Waals surface area contributed by atoms with Crippen molar-refractivity contribution in [3.63, 3.8) is 0 Å². The Morgan fingerprint density at radius 3 is 1.30 bits per heavy atom. The van der Waals surface area contributed by atoms with E-state index >= 15 is 0 Å². The number of hydrogen-bond donors (Lipinski definition) is 0. The molecule has 0 aromatic heterocycles. The van der Waals surface area contributed by atoms with E-state index in [-0.39, 0.29) is 5.41 Å². The van der Waals surface area contributed by atoms with E-state index in [4.69, 9.17) is 0 Å². The molecule has 0 aliphatic heterocycles. The van der Waals surface area contributed by atoms with Gasteiger partial charge in [0.25, 0.3) is 0 Å². The summed E-state index contributed by atoms with van der Waals surface area (Å²) in [6.07, 6.45) is 0. The average molecular weight is 389 g/mol. The van der Waals surface area contributed by atoms with Crippen molar-refractivity contribution >= 4 is 30.7 Å². The standard InChI is InChI=1S/C25H32Si2/c1-25(2,3)21-17-19-22(20-18-21)26(4,5)27(6,23-13-9-7-10-14-23)24-15-11-8-12-16-24/h7-20H,1-6H3. The maximum atomic E-state index is 2.58. The second-order valence-electron chi connectivity index (χ2n) is 9.31. The Labute approximate surface area is 167 Å². The summed E-state index contributed by atoms with van der Waals surface area (Å²) in [6, 6.07) is 32.1. The second kappa shape index (κ2) is 7.25. The van der Waals surface area contributed by atoms with Crippen LogP contribution in [-0.2, 0) is 5.41 Å². The van der Waals surface area contributed by atoms with Gasteiger partial charge in [-0.3, -0.25) is 0 Å². The third kappa shape index (κ3) is 3.61. The minimum atomic E-state index is -1.89. The lowest BCUT2D eigenvalue weighted by molar-refractivity contribution is 0.590. The van der Waals surface area contributed by atoms with Gasteiger partial charge in [-0.1, -0.05) is 141 Å². The van der Waals surface area contributed by atoms with E-state index in [0.29, 0.717) is 0 Å². The molecular formula is C25H32Si2. The Hall–Kier alpha value is -1.91. The van der Waals surface area contributed by atoms with Gasteiger partial charge in [0.15, 0.2) is 0 Å². The molecule has 3 rings (SSSR count). The molecule has 0 bridgehead atoms. The van der Waals surface area contributed by atoms with Gasteiger partial charge in [0, 0.05) is 0 Å². The summed E-state index contributed by atoms with van der Waals surface area (Å²) in [5.74, 6) is 0. The summed E-state index contributed by atoms with van der Waals surface area (Å²) in [6.45, 7) is 14.6. The lowest BCUT2D eigenvalue weighted by Gasteiger charge is -2.42. The molecule has 27 heavy (non-hydrogen) atoms. The summed E-state index contributed by atoms with van der Waals surface area (Å²) in [5, 5.41) is 4.66. The molecule has 0 aliphatic carbocycles. The SMILES string of the molecule is CC(C)(C)c1ccc([Si](C)(C)[Si](C)(c2ccccc2)c2ccccc2)cc1. The Morgan fingerprint density at radius 2 is 0.926 bits per heavy atom. The molecule has 0 saturated heterocycles. The molecule has 0 N–H and O–H groups in total. The third-order valence-electron chi connectivity index (χ3n) is 6.42. The fourth-order valence-electron chi connectivity index (χ4n) is 4.11. The van der Waals surface area contributed by atoms with E-state index in [2.05, 4.69) is 125 Å². The summed E-state index contributed by atoms with van der Waals surface area (Å²) in [5.41, 5.74) is 1.61. The first kappa shape index (κ1) is 19.8. The molecule has 0 nitrogen and oxygen atoms in total. The summed E-state index contributed by atoms with van der Waals surface area (Å²) in [7, 11) is -3.65. The normalized spacial score (nSPS) is 12.8.